The average Bonchev–Trinajstić information content (AvgIpc) is 3.67. The Hall–Kier alpha value is -3.25. The van der Waals surface area contributed by atoms with Gasteiger partial charge in [-0.2, -0.15) is 9.97 Å². The number of nitrogens with one attached hydrogen (secondary N) is 1. The lowest BCUT2D eigenvalue weighted by Gasteiger charge is -2.47. The van der Waals surface area contributed by atoms with Gasteiger partial charge in [0.05, 0.1) is 46.8 Å². The van der Waals surface area contributed by atoms with Crippen LogP contribution < -0.4 is 20.7 Å². The highest BCUT2D eigenvalue weighted by molar-refractivity contribution is 7.89. The third-order valence-electron chi connectivity index (χ3n) is 9.59. The van der Waals surface area contributed by atoms with E-state index < -0.39 is 39.1 Å². The topological polar surface area (TPSA) is 139 Å². The number of nitrogens with two attached hydrogens (primary N) is 1. The lowest BCUT2D eigenvalue weighted by molar-refractivity contribution is 0.0516. The maximum absolute atomic E-state index is 16.9. The molecule has 5 aliphatic rings. The molecule has 2 bridgehead atoms. The number of hydrogen-bond acceptors (Lipinski definition) is 12. The van der Waals surface area contributed by atoms with Crippen LogP contribution in [0.15, 0.2) is 17.0 Å². The number of aromatic nitrogens is 3. The van der Waals surface area contributed by atoms with Gasteiger partial charge in [-0.1, -0.05) is 11.3 Å². The Morgan fingerprint density at radius 3 is 2.76 bits per heavy atom. The summed E-state index contributed by atoms with van der Waals surface area (Å²) >= 11 is 0.882. The molecule has 2 unspecified atom stereocenters. The molecule has 240 valence electrons. The van der Waals surface area contributed by atoms with Crippen molar-refractivity contribution in [1.29, 1.82) is 0 Å². The number of benzene rings is 1. The standard InChI is InChI=1S/C28H31F3N8O4S2/c1-37-22(17-3-4-18(30)23-20(17)34-26(32)44-23)19(31)21-24(45(37,40)41)25(39-15-8-33-9-16(39)12-42-11-15)36-27(35-21)43-13-28-5-2-6-38(28)10-14(29)7-28/h3-4,14-16,33H,2,5-13H2,1H3,(H2,32,34)/t14-,15?,16?,28+/m1/s1. The Kier molecular flexibility index (Phi) is 6.73. The fourth-order valence-corrected chi connectivity index (χ4v) is 9.76. The molecule has 2 aromatic heterocycles. The lowest BCUT2D eigenvalue weighted by atomic mass is 9.95. The van der Waals surface area contributed by atoms with E-state index in [9.17, 15) is 17.2 Å². The predicted octanol–water partition coefficient (Wildman–Crippen LogP) is 2.37. The Morgan fingerprint density at radius 2 is 1.98 bits per heavy atom. The van der Waals surface area contributed by atoms with Crippen molar-refractivity contribution in [2.45, 2.75) is 48.0 Å². The van der Waals surface area contributed by atoms with Gasteiger partial charge >= 0.3 is 6.01 Å². The van der Waals surface area contributed by atoms with Crippen molar-refractivity contribution in [3.8, 4) is 6.01 Å². The van der Waals surface area contributed by atoms with Gasteiger partial charge in [-0.25, -0.2) is 26.6 Å². The molecular weight excluding hydrogens is 633 g/mol. The summed E-state index contributed by atoms with van der Waals surface area (Å²) < 4.78 is 87.6. The number of morpholine rings is 1. The first-order valence-electron chi connectivity index (χ1n) is 14.8. The third-order valence-corrected chi connectivity index (χ3v) is 12.3. The molecule has 4 saturated heterocycles. The van der Waals surface area contributed by atoms with E-state index in [4.69, 9.17) is 15.2 Å². The van der Waals surface area contributed by atoms with Gasteiger partial charge in [-0.15, -0.1) is 0 Å². The maximum atomic E-state index is 16.9. The second-order valence-corrected chi connectivity index (χ2v) is 15.2. The first-order valence-corrected chi connectivity index (χ1v) is 17.1. The van der Waals surface area contributed by atoms with Crippen LogP contribution in [0.25, 0.3) is 21.7 Å². The van der Waals surface area contributed by atoms with Crippen molar-refractivity contribution in [3.63, 3.8) is 0 Å². The largest absolute Gasteiger partial charge is 0.461 e. The van der Waals surface area contributed by atoms with Crippen molar-refractivity contribution < 1.29 is 31.1 Å². The average molecular weight is 665 g/mol. The summed E-state index contributed by atoms with van der Waals surface area (Å²) in [6.45, 7) is 2.77. The summed E-state index contributed by atoms with van der Waals surface area (Å²) in [5.74, 6) is -1.55. The zero-order valence-electron chi connectivity index (χ0n) is 24.3. The number of rotatable bonds is 5. The van der Waals surface area contributed by atoms with E-state index in [-0.39, 0.29) is 62.0 Å². The van der Waals surface area contributed by atoms with E-state index >= 15 is 4.39 Å². The van der Waals surface area contributed by atoms with Gasteiger partial charge in [-0.05, 0) is 31.5 Å². The molecule has 45 heavy (non-hydrogen) atoms. The SMILES string of the molecule is CN1C(c2ccc(F)c3sc(N)nc23)=C(F)c2nc(OC[C@@]34CCCN3C[C@H](F)C4)nc(N3C4CNCC3COC4)c2S1(=O)=O. The van der Waals surface area contributed by atoms with Crippen molar-refractivity contribution in [3.05, 3.63) is 29.2 Å². The van der Waals surface area contributed by atoms with E-state index in [1.807, 2.05) is 4.90 Å². The van der Waals surface area contributed by atoms with Crippen molar-refractivity contribution in [1.82, 2.24) is 29.5 Å². The summed E-state index contributed by atoms with van der Waals surface area (Å²) in [6.07, 6.45) is 0.957. The second kappa shape index (κ2) is 10.4. The molecule has 4 atom stereocenters. The van der Waals surface area contributed by atoms with Crippen LogP contribution in [-0.4, -0.2) is 109 Å². The number of piperazine rings is 1. The van der Waals surface area contributed by atoms with E-state index in [0.29, 0.717) is 39.3 Å². The molecule has 3 N–H and O–H groups in total. The first kappa shape index (κ1) is 29.2. The minimum atomic E-state index is -4.46. The first-order chi connectivity index (χ1) is 21.6. The normalized spacial score (nSPS) is 29.4. The van der Waals surface area contributed by atoms with Gasteiger partial charge in [0.25, 0.3) is 10.0 Å². The molecule has 17 heteroatoms. The van der Waals surface area contributed by atoms with Crippen molar-refractivity contribution >= 4 is 54.1 Å². The summed E-state index contributed by atoms with van der Waals surface area (Å²) in [5.41, 5.74) is 4.60. The van der Waals surface area contributed by atoms with Crippen LogP contribution in [0.5, 0.6) is 6.01 Å². The minimum absolute atomic E-state index is 0.0218. The highest BCUT2D eigenvalue weighted by Crippen LogP contribution is 2.47. The quantitative estimate of drug-likeness (QED) is 0.416. The summed E-state index contributed by atoms with van der Waals surface area (Å²) in [7, 11) is -3.23. The lowest BCUT2D eigenvalue weighted by Crippen LogP contribution is -2.64. The number of thiazole rings is 1. The number of fused-ring (bicyclic) bond motifs is 5. The van der Waals surface area contributed by atoms with Crippen LogP contribution in [0.3, 0.4) is 0 Å². The zero-order valence-corrected chi connectivity index (χ0v) is 25.9. The highest BCUT2D eigenvalue weighted by atomic mass is 32.2. The van der Waals surface area contributed by atoms with E-state index in [2.05, 4.69) is 25.2 Å². The van der Waals surface area contributed by atoms with Crippen LogP contribution in [-0.2, 0) is 14.8 Å². The fourth-order valence-electron chi connectivity index (χ4n) is 7.55. The number of hydrogen-bond donors (Lipinski definition) is 2. The molecule has 0 saturated carbocycles. The number of sulfonamides is 1. The minimum Gasteiger partial charge on any atom is -0.461 e. The van der Waals surface area contributed by atoms with Crippen LogP contribution in [0, 0.1) is 5.82 Å². The molecule has 0 radical (unpaired) electrons. The Balaban J connectivity index is 1.31. The zero-order chi connectivity index (χ0) is 31.2. The number of nitrogens with zero attached hydrogens (tertiary/aromatic N) is 6. The Bertz CT molecular complexity index is 1840. The summed E-state index contributed by atoms with van der Waals surface area (Å²) in [5, 5.41) is 3.39. The van der Waals surface area contributed by atoms with E-state index in [0.717, 1.165) is 41.1 Å². The predicted molar refractivity (Wildman–Crippen MR) is 161 cm³/mol. The summed E-state index contributed by atoms with van der Waals surface area (Å²) in [6, 6.07) is 1.64. The second-order valence-electron chi connectivity index (χ2n) is 12.2. The Labute approximate surface area is 261 Å². The van der Waals surface area contributed by atoms with Crippen LogP contribution in [0.1, 0.15) is 30.5 Å². The van der Waals surface area contributed by atoms with Crippen LogP contribution in [0.4, 0.5) is 24.1 Å². The third kappa shape index (κ3) is 4.41. The molecular formula is C28H31F3N8O4S2. The molecule has 0 spiro atoms. The number of halogens is 3. The van der Waals surface area contributed by atoms with E-state index in [1.165, 1.54) is 13.1 Å². The fraction of sp³-hybridized carbons (Fsp3) is 0.536. The molecule has 5 aliphatic heterocycles. The smallest absolute Gasteiger partial charge is 0.319 e. The van der Waals surface area contributed by atoms with Crippen LogP contribution >= 0.6 is 11.3 Å². The van der Waals surface area contributed by atoms with Crippen LogP contribution in [0.2, 0.25) is 0 Å². The highest BCUT2D eigenvalue weighted by Gasteiger charge is 2.50. The number of nitrogen functional groups attached to an aromatic ring is 1. The maximum Gasteiger partial charge on any atom is 0.319 e. The molecule has 3 aromatic rings. The van der Waals surface area contributed by atoms with Gasteiger partial charge in [0.15, 0.2) is 21.7 Å². The molecule has 0 aliphatic carbocycles. The van der Waals surface area contributed by atoms with Crippen molar-refractivity contribution in [2.75, 3.05) is 63.7 Å². The number of alkyl halides is 1. The van der Waals surface area contributed by atoms with Gasteiger partial charge in [-0.3, -0.25) is 9.21 Å². The summed E-state index contributed by atoms with van der Waals surface area (Å²) in [4.78, 5) is 16.7. The molecule has 7 heterocycles. The molecule has 8 rings (SSSR count). The number of anilines is 2. The molecule has 1 aromatic carbocycles. The number of ether oxygens (including phenoxy) is 2. The molecule has 0 amide bonds. The Morgan fingerprint density at radius 1 is 1.20 bits per heavy atom. The molecule has 12 nitrogen and oxygen atoms in total. The van der Waals surface area contributed by atoms with Gasteiger partial charge in [0, 0.05) is 38.7 Å². The van der Waals surface area contributed by atoms with E-state index in [1.54, 1.807) is 0 Å². The van der Waals surface area contributed by atoms with Crippen molar-refractivity contribution in [2.24, 2.45) is 0 Å². The monoisotopic (exact) mass is 664 g/mol. The molecule has 4 fully saturated rings. The van der Waals surface area contributed by atoms with Gasteiger partial charge in [0.2, 0.25) is 0 Å². The van der Waals surface area contributed by atoms with Gasteiger partial charge < -0.3 is 25.4 Å². The van der Waals surface area contributed by atoms with Gasteiger partial charge in [0.1, 0.15) is 24.3 Å².